The maximum atomic E-state index is 8.95. The lowest BCUT2D eigenvalue weighted by atomic mass is 10.3. The number of rotatable bonds is 2. The first-order chi connectivity index (χ1) is 8.20. The molecule has 0 saturated heterocycles. The molecule has 0 aliphatic rings. The van der Waals surface area contributed by atoms with E-state index in [1.807, 2.05) is 12.1 Å². The quantitative estimate of drug-likeness (QED) is 0.845. The van der Waals surface area contributed by atoms with Crippen molar-refractivity contribution in [1.29, 1.82) is 5.26 Å². The summed E-state index contributed by atoms with van der Waals surface area (Å²) in [5.41, 5.74) is 0.929. The van der Waals surface area contributed by atoms with Crippen LogP contribution in [0, 0.1) is 11.3 Å². The van der Waals surface area contributed by atoms with E-state index in [0.29, 0.717) is 10.8 Å². The maximum Gasteiger partial charge on any atom is 0.153 e. The van der Waals surface area contributed by atoms with Crippen molar-refractivity contribution >= 4 is 34.7 Å². The molecule has 0 aliphatic heterocycles. The molecular formula is C11H6Cl2N4. The number of nitrogens with zero attached hydrogens (tertiary/aromatic N) is 3. The minimum Gasteiger partial charge on any atom is -0.339 e. The second-order valence-electron chi connectivity index (χ2n) is 3.14. The number of halogens is 2. The molecule has 0 amide bonds. The van der Waals surface area contributed by atoms with E-state index in [-0.39, 0.29) is 10.7 Å². The number of benzene rings is 1. The van der Waals surface area contributed by atoms with Crippen molar-refractivity contribution < 1.29 is 0 Å². The molecule has 6 heteroatoms. The van der Waals surface area contributed by atoms with E-state index in [1.54, 1.807) is 18.2 Å². The molecule has 0 saturated carbocycles. The van der Waals surface area contributed by atoms with E-state index in [2.05, 4.69) is 15.3 Å². The van der Waals surface area contributed by atoms with Crippen molar-refractivity contribution in [1.82, 2.24) is 9.97 Å². The van der Waals surface area contributed by atoms with E-state index < -0.39 is 0 Å². The Morgan fingerprint density at radius 3 is 2.76 bits per heavy atom. The third kappa shape index (κ3) is 2.64. The molecule has 0 fully saturated rings. The fraction of sp³-hybridized carbons (Fsp3) is 0. The van der Waals surface area contributed by atoms with Gasteiger partial charge in [0.15, 0.2) is 11.0 Å². The fourth-order valence-electron chi connectivity index (χ4n) is 1.26. The van der Waals surface area contributed by atoms with Gasteiger partial charge in [0.2, 0.25) is 0 Å². The first-order valence-corrected chi connectivity index (χ1v) is 5.39. The van der Waals surface area contributed by atoms with Crippen LogP contribution in [0.15, 0.2) is 30.6 Å². The van der Waals surface area contributed by atoms with Gasteiger partial charge >= 0.3 is 0 Å². The summed E-state index contributed by atoms with van der Waals surface area (Å²) in [6.07, 6.45) is 1.29. The molecule has 2 rings (SSSR count). The molecule has 4 nitrogen and oxygen atoms in total. The minimum absolute atomic E-state index is 0.118. The number of hydrogen-bond donors (Lipinski definition) is 1. The van der Waals surface area contributed by atoms with Crippen LogP contribution in [0.5, 0.6) is 0 Å². The van der Waals surface area contributed by atoms with E-state index in [0.717, 1.165) is 5.69 Å². The molecule has 1 aromatic heterocycles. The zero-order valence-electron chi connectivity index (χ0n) is 8.48. The van der Waals surface area contributed by atoms with Gasteiger partial charge in [-0.2, -0.15) is 5.26 Å². The predicted molar refractivity (Wildman–Crippen MR) is 66.5 cm³/mol. The summed E-state index contributed by atoms with van der Waals surface area (Å²) in [7, 11) is 0. The van der Waals surface area contributed by atoms with Gasteiger partial charge in [0.25, 0.3) is 0 Å². The Morgan fingerprint density at radius 1 is 1.24 bits per heavy atom. The van der Waals surface area contributed by atoms with Gasteiger partial charge in [0.05, 0.1) is 0 Å². The molecule has 0 radical (unpaired) electrons. The molecule has 2 aromatic rings. The largest absolute Gasteiger partial charge is 0.339 e. The monoisotopic (exact) mass is 264 g/mol. The summed E-state index contributed by atoms with van der Waals surface area (Å²) in [5, 5.41) is 12.6. The number of aromatic nitrogens is 2. The standard InChI is InChI=1S/C11H6Cl2N4/c12-7-2-1-3-8(4-7)17-11-9(5-14)10(13)15-6-16-11/h1-4,6H,(H,15,16,17). The lowest BCUT2D eigenvalue weighted by molar-refractivity contribution is 1.15. The average Bonchev–Trinajstić information content (AvgIpc) is 2.29. The molecule has 84 valence electrons. The Hall–Kier alpha value is -1.83. The van der Waals surface area contributed by atoms with Crippen molar-refractivity contribution in [2.75, 3.05) is 5.32 Å². The topological polar surface area (TPSA) is 61.6 Å². The van der Waals surface area contributed by atoms with E-state index in [4.69, 9.17) is 28.5 Å². The van der Waals surface area contributed by atoms with Crippen LogP contribution in [0.4, 0.5) is 11.5 Å². The molecule has 0 atom stereocenters. The molecule has 17 heavy (non-hydrogen) atoms. The zero-order valence-corrected chi connectivity index (χ0v) is 10.00. The fourth-order valence-corrected chi connectivity index (χ4v) is 1.63. The molecule has 0 bridgehead atoms. The molecule has 1 aromatic carbocycles. The van der Waals surface area contributed by atoms with E-state index >= 15 is 0 Å². The Kier molecular flexibility index (Phi) is 3.43. The van der Waals surface area contributed by atoms with Crippen molar-refractivity contribution in [3.8, 4) is 6.07 Å². The lowest BCUT2D eigenvalue weighted by Gasteiger charge is -2.07. The van der Waals surface area contributed by atoms with Gasteiger partial charge in [-0.05, 0) is 18.2 Å². The molecular weight excluding hydrogens is 259 g/mol. The van der Waals surface area contributed by atoms with Crippen molar-refractivity contribution in [2.45, 2.75) is 0 Å². The number of anilines is 2. The summed E-state index contributed by atoms with van der Waals surface area (Å²) >= 11 is 11.6. The van der Waals surface area contributed by atoms with Gasteiger partial charge in [0.1, 0.15) is 18.0 Å². The molecule has 1 N–H and O–H groups in total. The first kappa shape index (κ1) is 11.6. The first-order valence-electron chi connectivity index (χ1n) is 4.64. The molecule has 0 spiro atoms. The van der Waals surface area contributed by atoms with Gasteiger partial charge < -0.3 is 5.32 Å². The van der Waals surface area contributed by atoms with Crippen molar-refractivity contribution in [2.24, 2.45) is 0 Å². The Labute approximate surface area is 108 Å². The second-order valence-corrected chi connectivity index (χ2v) is 3.93. The normalized spacial score (nSPS) is 9.71. The van der Waals surface area contributed by atoms with Crippen LogP contribution in [0.1, 0.15) is 5.56 Å². The molecule has 1 heterocycles. The summed E-state index contributed by atoms with van der Waals surface area (Å²) in [4.78, 5) is 7.70. The number of nitrogens with one attached hydrogen (secondary N) is 1. The Balaban J connectivity index is 2.37. The second kappa shape index (κ2) is 5.00. The van der Waals surface area contributed by atoms with Crippen molar-refractivity contribution in [3.05, 3.63) is 46.3 Å². The maximum absolute atomic E-state index is 8.95. The zero-order chi connectivity index (χ0) is 12.3. The van der Waals surface area contributed by atoms with Crippen LogP contribution in [-0.2, 0) is 0 Å². The van der Waals surface area contributed by atoms with E-state index in [1.165, 1.54) is 6.33 Å². The predicted octanol–water partition coefficient (Wildman–Crippen LogP) is 3.40. The van der Waals surface area contributed by atoms with Gasteiger partial charge in [-0.1, -0.05) is 29.3 Å². The summed E-state index contributed by atoms with van der Waals surface area (Å²) < 4.78 is 0. The smallest absolute Gasteiger partial charge is 0.153 e. The highest BCUT2D eigenvalue weighted by molar-refractivity contribution is 6.31. The van der Waals surface area contributed by atoms with Crippen LogP contribution in [0.3, 0.4) is 0 Å². The molecule has 0 aliphatic carbocycles. The minimum atomic E-state index is 0.118. The summed E-state index contributed by atoms with van der Waals surface area (Å²) in [6, 6.07) is 9.02. The highest BCUT2D eigenvalue weighted by Gasteiger charge is 2.09. The summed E-state index contributed by atoms with van der Waals surface area (Å²) in [6.45, 7) is 0. The highest BCUT2D eigenvalue weighted by Crippen LogP contribution is 2.23. The highest BCUT2D eigenvalue weighted by atomic mass is 35.5. The van der Waals surface area contributed by atoms with Gasteiger partial charge in [-0.15, -0.1) is 0 Å². The van der Waals surface area contributed by atoms with E-state index in [9.17, 15) is 0 Å². The third-order valence-electron chi connectivity index (χ3n) is 2.00. The van der Waals surface area contributed by atoms with Gasteiger partial charge in [-0.3, -0.25) is 0 Å². The van der Waals surface area contributed by atoms with Crippen LogP contribution in [0.25, 0.3) is 0 Å². The lowest BCUT2D eigenvalue weighted by Crippen LogP contribution is -1.98. The van der Waals surface area contributed by atoms with Crippen LogP contribution < -0.4 is 5.32 Å². The Bertz CT molecular complexity index is 592. The number of hydrogen-bond acceptors (Lipinski definition) is 4. The summed E-state index contributed by atoms with van der Waals surface area (Å²) in [5.74, 6) is 0.356. The molecule has 0 unspecified atom stereocenters. The van der Waals surface area contributed by atoms with Crippen LogP contribution in [-0.4, -0.2) is 9.97 Å². The van der Waals surface area contributed by atoms with Gasteiger partial charge in [0, 0.05) is 10.7 Å². The SMILES string of the molecule is N#Cc1c(Cl)ncnc1Nc1cccc(Cl)c1. The average molecular weight is 265 g/mol. The van der Waals surface area contributed by atoms with Gasteiger partial charge in [-0.25, -0.2) is 9.97 Å². The van der Waals surface area contributed by atoms with Crippen LogP contribution >= 0.6 is 23.2 Å². The Morgan fingerprint density at radius 2 is 2.06 bits per heavy atom. The third-order valence-corrected chi connectivity index (χ3v) is 2.52. The van der Waals surface area contributed by atoms with Crippen LogP contribution in [0.2, 0.25) is 10.2 Å². The number of nitriles is 1. The van der Waals surface area contributed by atoms with Crippen molar-refractivity contribution in [3.63, 3.8) is 0 Å².